The van der Waals surface area contributed by atoms with Crippen LogP contribution in [0.5, 0.6) is 11.5 Å². The molecule has 38 heavy (non-hydrogen) atoms. The number of anilines is 1. The quantitative estimate of drug-likeness (QED) is 0.197. The molecule has 0 aromatic heterocycles. The predicted molar refractivity (Wildman–Crippen MR) is 136 cm³/mol. The largest absolute Gasteiger partial charge is 0.507 e. The van der Waals surface area contributed by atoms with Gasteiger partial charge in [0.2, 0.25) is 5.78 Å². The van der Waals surface area contributed by atoms with Gasteiger partial charge in [-0.15, -0.1) is 0 Å². The first-order chi connectivity index (χ1) is 18.1. The molecule has 5 atom stereocenters. The number of benzene rings is 2. The third kappa shape index (κ3) is 2.71. The van der Waals surface area contributed by atoms with Crippen molar-refractivity contribution in [3.63, 3.8) is 0 Å². The van der Waals surface area contributed by atoms with Gasteiger partial charge in [0, 0.05) is 23.2 Å². The molecule has 9 nitrogen and oxygen atoms in total. The minimum absolute atomic E-state index is 0.0274. The van der Waals surface area contributed by atoms with Crippen LogP contribution in [-0.2, 0) is 16.9 Å². The summed E-state index contributed by atoms with van der Waals surface area (Å²) in [6.07, 6.45) is 0.415. The van der Waals surface area contributed by atoms with Gasteiger partial charge in [0.15, 0.2) is 23.1 Å². The fraction of sp³-hybridized carbons (Fsp3) is 0.310. The Bertz CT molecular complexity index is 1630. The third-order valence-corrected chi connectivity index (χ3v) is 7.94. The first-order valence-electron chi connectivity index (χ1n) is 12.1. The number of nitrogens with two attached hydrogens (primary N) is 1. The molecule has 2 aliphatic carbocycles. The average Bonchev–Trinajstić information content (AvgIpc) is 3.62. The molecule has 2 aliphatic heterocycles. The van der Waals surface area contributed by atoms with Gasteiger partial charge in [-0.3, -0.25) is 9.59 Å². The molecule has 2 aromatic rings. The molecule has 0 saturated carbocycles. The maximum Gasteiger partial charge on any atom is 0.202 e. The van der Waals surface area contributed by atoms with E-state index in [4.69, 9.17) is 15.2 Å². The summed E-state index contributed by atoms with van der Waals surface area (Å²) in [6.45, 7) is 3.37. The molecule has 9 heteroatoms. The lowest BCUT2D eigenvalue weighted by atomic mass is 9.69. The molecular weight excluding hydrogens is 488 g/mol. The molecule has 2 heterocycles. The molecule has 192 valence electrons. The van der Waals surface area contributed by atoms with Crippen LogP contribution in [-0.4, -0.2) is 57.8 Å². The number of methoxy groups -OCH3 is 1. The van der Waals surface area contributed by atoms with Crippen molar-refractivity contribution in [1.29, 1.82) is 0 Å². The number of ketones is 2. The third-order valence-electron chi connectivity index (χ3n) is 7.94. The highest BCUT2D eigenvalue weighted by molar-refractivity contribution is 6.32. The van der Waals surface area contributed by atoms with Crippen LogP contribution >= 0.6 is 0 Å². The number of hydrogen-bond donors (Lipinski definition) is 5. The number of hydrogen-bond acceptors (Lipinski definition) is 9. The van der Waals surface area contributed by atoms with E-state index < -0.39 is 46.8 Å². The number of rotatable bonds is 3. The Morgan fingerprint density at radius 2 is 1.87 bits per heavy atom. The molecular formula is C29H24N2O7. The lowest BCUT2D eigenvalue weighted by molar-refractivity contribution is 0.0867. The summed E-state index contributed by atoms with van der Waals surface area (Å²) < 4.78 is 11.7. The van der Waals surface area contributed by atoms with Crippen molar-refractivity contribution in [3.05, 3.63) is 63.2 Å². The van der Waals surface area contributed by atoms with Gasteiger partial charge in [0.05, 0.1) is 35.6 Å². The number of aromatic hydroxyl groups is 1. The van der Waals surface area contributed by atoms with Crippen LogP contribution in [0.4, 0.5) is 5.69 Å². The SMILES string of the molecule is COc1c(CN)c(C)cc2c1C(=O)c1c(O)cc3c(c1C2=O)N[C@H]1C#C/C=C\C#C[C@@H](O)[C@@]32O[C@@]12[C@@H](C)O. The molecule has 0 amide bonds. The zero-order chi connectivity index (χ0) is 27.1. The minimum atomic E-state index is -1.62. The van der Waals surface area contributed by atoms with Crippen LogP contribution in [0.25, 0.3) is 0 Å². The van der Waals surface area contributed by atoms with E-state index in [1.807, 2.05) is 0 Å². The summed E-state index contributed by atoms with van der Waals surface area (Å²) in [5.74, 6) is 9.84. The highest BCUT2D eigenvalue weighted by Crippen LogP contribution is 2.67. The van der Waals surface area contributed by atoms with Crippen molar-refractivity contribution < 1.29 is 34.4 Å². The van der Waals surface area contributed by atoms with E-state index in [-0.39, 0.29) is 45.8 Å². The lowest BCUT2D eigenvalue weighted by Gasteiger charge is -2.37. The van der Waals surface area contributed by atoms with Crippen LogP contribution in [0.1, 0.15) is 55.5 Å². The van der Waals surface area contributed by atoms with E-state index in [0.717, 1.165) is 0 Å². The van der Waals surface area contributed by atoms with Crippen molar-refractivity contribution >= 4 is 17.3 Å². The fourth-order valence-electron chi connectivity index (χ4n) is 6.21. The first-order valence-corrected chi connectivity index (χ1v) is 12.1. The standard InChI is InChI=1S/C29H24N2O7/c1-13-10-15-21(27(37-3)16(13)12-30)26(36)22-18(33)11-17-24(23(22)25(15)35)31-19-8-6-4-5-7-9-20(34)29(17)28(19,38-29)14(2)32/h4-5,10-11,14,19-20,31-34H,12,30H2,1-3H3/b5-4-/t14-,19+,20-,28+,29+/m1/s1. The van der Waals surface area contributed by atoms with Crippen molar-refractivity contribution in [2.75, 3.05) is 12.4 Å². The van der Waals surface area contributed by atoms with Crippen LogP contribution in [0, 0.1) is 30.6 Å². The average molecular weight is 513 g/mol. The van der Waals surface area contributed by atoms with E-state index in [0.29, 0.717) is 11.1 Å². The van der Waals surface area contributed by atoms with Gasteiger partial charge < -0.3 is 35.8 Å². The summed E-state index contributed by atoms with van der Waals surface area (Å²) in [5.41, 5.74) is 4.34. The second kappa shape index (κ2) is 7.94. The maximum atomic E-state index is 14.1. The number of nitrogens with one attached hydrogen (secondary N) is 1. The molecule has 0 spiro atoms. The number of allylic oxidation sites excluding steroid dienone is 2. The number of aryl methyl sites for hydroxylation is 1. The normalized spacial score (nSPS) is 29.0. The number of fused-ring (bicyclic) bond motifs is 4. The molecule has 1 fully saturated rings. The summed E-state index contributed by atoms with van der Waals surface area (Å²) in [5, 5.41) is 36.5. The molecule has 4 aliphatic rings. The Morgan fingerprint density at radius 3 is 2.53 bits per heavy atom. The van der Waals surface area contributed by atoms with E-state index in [2.05, 4.69) is 29.0 Å². The van der Waals surface area contributed by atoms with E-state index in [1.165, 1.54) is 32.3 Å². The van der Waals surface area contributed by atoms with Gasteiger partial charge in [-0.1, -0.05) is 23.7 Å². The molecule has 2 aromatic carbocycles. The van der Waals surface area contributed by atoms with E-state index >= 15 is 0 Å². The summed E-state index contributed by atoms with van der Waals surface area (Å²) in [4.78, 5) is 28.0. The van der Waals surface area contributed by atoms with Crippen molar-refractivity contribution in [2.45, 2.75) is 49.8 Å². The zero-order valence-corrected chi connectivity index (χ0v) is 20.8. The first kappa shape index (κ1) is 24.2. The maximum absolute atomic E-state index is 14.1. The number of aliphatic hydroxyl groups excluding tert-OH is 2. The zero-order valence-electron chi connectivity index (χ0n) is 20.8. The second-order valence-electron chi connectivity index (χ2n) is 9.76. The fourth-order valence-corrected chi connectivity index (χ4v) is 6.21. The van der Waals surface area contributed by atoms with Crippen LogP contribution in [0.3, 0.4) is 0 Å². The monoisotopic (exact) mass is 512 g/mol. The van der Waals surface area contributed by atoms with Gasteiger partial charge in [-0.05, 0) is 43.7 Å². The van der Waals surface area contributed by atoms with E-state index in [1.54, 1.807) is 13.0 Å². The van der Waals surface area contributed by atoms with Crippen LogP contribution < -0.4 is 15.8 Å². The Labute approximate surface area is 218 Å². The number of phenolic OH excluding ortho intramolecular Hbond substituents is 1. The van der Waals surface area contributed by atoms with Crippen molar-refractivity contribution in [2.24, 2.45) is 5.73 Å². The predicted octanol–water partition coefficient (Wildman–Crippen LogP) is 1.02. The smallest absolute Gasteiger partial charge is 0.202 e. The number of epoxide rings is 1. The molecule has 0 radical (unpaired) electrons. The highest BCUT2D eigenvalue weighted by Gasteiger charge is 2.82. The van der Waals surface area contributed by atoms with Gasteiger partial charge in [-0.2, -0.15) is 0 Å². The van der Waals surface area contributed by atoms with Crippen molar-refractivity contribution in [3.8, 4) is 35.2 Å². The Balaban J connectivity index is 1.67. The Morgan fingerprint density at radius 1 is 1.16 bits per heavy atom. The summed E-state index contributed by atoms with van der Waals surface area (Å²) in [6, 6.07) is 1.98. The summed E-state index contributed by atoms with van der Waals surface area (Å²) in [7, 11) is 1.39. The number of carbonyl (C=O) groups excluding carboxylic acids is 2. The number of ether oxygens (including phenoxy) is 2. The number of aliphatic hydroxyl groups is 2. The molecule has 6 N–H and O–H groups in total. The second-order valence-corrected chi connectivity index (χ2v) is 9.76. The van der Waals surface area contributed by atoms with Gasteiger partial charge >= 0.3 is 0 Å². The van der Waals surface area contributed by atoms with Gasteiger partial charge in [-0.25, -0.2) is 0 Å². The Hall–Kier alpha value is -4.12. The molecule has 2 bridgehead atoms. The lowest BCUT2D eigenvalue weighted by Crippen LogP contribution is -2.54. The highest BCUT2D eigenvalue weighted by atomic mass is 16.7. The molecule has 1 saturated heterocycles. The topological polar surface area (TPSA) is 155 Å². The van der Waals surface area contributed by atoms with E-state index in [9.17, 15) is 24.9 Å². The molecule has 6 rings (SSSR count). The summed E-state index contributed by atoms with van der Waals surface area (Å²) >= 11 is 0. The molecule has 0 unspecified atom stereocenters. The minimum Gasteiger partial charge on any atom is -0.507 e. The van der Waals surface area contributed by atoms with Crippen molar-refractivity contribution in [1.82, 2.24) is 0 Å². The van der Waals surface area contributed by atoms with Gasteiger partial charge in [0.1, 0.15) is 17.5 Å². The Kier molecular flexibility index (Phi) is 5.06. The van der Waals surface area contributed by atoms with Crippen LogP contribution in [0.15, 0.2) is 24.3 Å². The number of carbonyl (C=O) groups is 2. The van der Waals surface area contributed by atoms with Crippen LogP contribution in [0.2, 0.25) is 0 Å². The van der Waals surface area contributed by atoms with Gasteiger partial charge in [0.25, 0.3) is 0 Å². The number of phenols is 1.